The van der Waals surface area contributed by atoms with E-state index in [1.54, 1.807) is 31.5 Å². The summed E-state index contributed by atoms with van der Waals surface area (Å²) in [7, 11) is 0. The molecule has 164 valence electrons. The van der Waals surface area contributed by atoms with Gasteiger partial charge >= 0.3 is 0 Å². The fourth-order valence-corrected chi connectivity index (χ4v) is 4.79. The van der Waals surface area contributed by atoms with E-state index in [0.717, 1.165) is 10.6 Å². The van der Waals surface area contributed by atoms with Crippen molar-refractivity contribution in [2.75, 3.05) is 6.61 Å². The molecule has 0 saturated carbocycles. The number of nitrogens with zero attached hydrogens (tertiary/aromatic N) is 3. The number of para-hydroxylation sites is 1. The summed E-state index contributed by atoms with van der Waals surface area (Å²) in [6, 6.07) is 10.1. The maximum absolute atomic E-state index is 13.6. The molecule has 0 spiro atoms. The van der Waals surface area contributed by atoms with Crippen LogP contribution in [0.5, 0.6) is 5.75 Å². The number of ether oxygens (including phenoxy) is 1. The van der Waals surface area contributed by atoms with Crippen LogP contribution in [0.25, 0.3) is 0 Å². The highest BCUT2D eigenvalue weighted by Gasteiger charge is 2.45. The van der Waals surface area contributed by atoms with Crippen molar-refractivity contribution >= 4 is 23.0 Å². The number of pyridine rings is 1. The smallest absolute Gasteiger partial charge is 0.290 e. The van der Waals surface area contributed by atoms with E-state index in [4.69, 9.17) is 4.74 Å². The van der Waals surface area contributed by atoms with Crippen LogP contribution in [0.15, 0.2) is 60.1 Å². The number of aromatic nitrogens is 2. The number of aryl methyl sites for hydroxylation is 2. The van der Waals surface area contributed by atoms with E-state index in [0.29, 0.717) is 28.5 Å². The van der Waals surface area contributed by atoms with E-state index in [1.807, 2.05) is 38.1 Å². The number of hydrogen-bond donors (Lipinski definition) is 1. The predicted octanol–water partition coefficient (Wildman–Crippen LogP) is 4.33. The van der Waals surface area contributed by atoms with Crippen molar-refractivity contribution in [2.24, 2.45) is 0 Å². The summed E-state index contributed by atoms with van der Waals surface area (Å²) in [6.45, 7) is 6.04. The summed E-state index contributed by atoms with van der Waals surface area (Å²) < 4.78 is 5.80. The minimum atomic E-state index is -0.806. The Kier molecular flexibility index (Phi) is 6.05. The average Bonchev–Trinajstić information content (AvgIpc) is 3.25. The number of hydrogen-bond acceptors (Lipinski definition) is 7. The van der Waals surface area contributed by atoms with Gasteiger partial charge < -0.3 is 14.7 Å². The zero-order valence-corrected chi connectivity index (χ0v) is 18.8. The lowest BCUT2D eigenvalue weighted by atomic mass is 9.94. The van der Waals surface area contributed by atoms with E-state index < -0.39 is 23.5 Å². The van der Waals surface area contributed by atoms with Gasteiger partial charge in [0.1, 0.15) is 5.75 Å². The van der Waals surface area contributed by atoms with Gasteiger partial charge in [0, 0.05) is 24.5 Å². The Labute approximate surface area is 190 Å². The second kappa shape index (κ2) is 8.92. The molecule has 8 heteroatoms. The number of thiazole rings is 1. The van der Waals surface area contributed by atoms with Gasteiger partial charge in [0.25, 0.3) is 5.91 Å². The SMILES string of the molecule is CCOc1ccccc1C1C(C(=O)c2sc(C)nc2C)=C(O)C(=O)N1Cc1cccnc1. The minimum Gasteiger partial charge on any atom is -0.503 e. The van der Waals surface area contributed by atoms with Crippen LogP contribution >= 0.6 is 11.3 Å². The van der Waals surface area contributed by atoms with Crippen LogP contribution in [0.4, 0.5) is 0 Å². The number of carbonyl (C=O) groups excluding carboxylic acids is 2. The second-order valence-electron chi connectivity index (χ2n) is 7.41. The lowest BCUT2D eigenvalue weighted by Crippen LogP contribution is -2.31. The van der Waals surface area contributed by atoms with Crippen LogP contribution in [-0.4, -0.2) is 38.3 Å². The Morgan fingerprint density at radius 2 is 2.00 bits per heavy atom. The molecular formula is C24H23N3O4S. The molecule has 3 aromatic rings. The Hall–Kier alpha value is -3.52. The molecule has 3 heterocycles. The molecule has 0 fully saturated rings. The third-order valence-corrected chi connectivity index (χ3v) is 6.32. The van der Waals surface area contributed by atoms with Crippen LogP contribution < -0.4 is 4.74 Å². The number of ketones is 1. The van der Waals surface area contributed by atoms with Crippen molar-refractivity contribution in [3.05, 3.63) is 86.8 Å². The third-order valence-electron chi connectivity index (χ3n) is 5.25. The molecule has 0 saturated heterocycles. The monoisotopic (exact) mass is 449 g/mol. The minimum absolute atomic E-state index is 0.0396. The molecule has 1 N–H and O–H groups in total. The quantitative estimate of drug-likeness (QED) is 0.540. The van der Waals surface area contributed by atoms with Gasteiger partial charge in [-0.05, 0) is 38.5 Å². The zero-order valence-electron chi connectivity index (χ0n) is 18.0. The Bertz CT molecular complexity index is 1200. The first-order valence-electron chi connectivity index (χ1n) is 10.3. The van der Waals surface area contributed by atoms with Gasteiger partial charge in [0.05, 0.1) is 33.8 Å². The normalized spacial score (nSPS) is 16.0. The Balaban J connectivity index is 1.86. The number of benzene rings is 1. The summed E-state index contributed by atoms with van der Waals surface area (Å²) in [6.07, 6.45) is 3.31. The fraction of sp³-hybridized carbons (Fsp3) is 0.250. The maximum Gasteiger partial charge on any atom is 0.290 e. The molecule has 1 aromatic carbocycles. The molecule has 0 radical (unpaired) electrons. The molecule has 0 bridgehead atoms. The van der Waals surface area contributed by atoms with Crippen molar-refractivity contribution < 1.29 is 19.4 Å². The number of amides is 1. The second-order valence-corrected chi connectivity index (χ2v) is 8.61. The molecule has 0 aliphatic carbocycles. The van der Waals surface area contributed by atoms with Gasteiger partial charge in [0.15, 0.2) is 5.76 Å². The molecule has 1 atom stereocenters. The number of rotatable bonds is 7. The fourth-order valence-electron chi connectivity index (χ4n) is 3.92. The van der Waals surface area contributed by atoms with Crippen LogP contribution in [0.1, 0.15) is 44.5 Å². The van der Waals surface area contributed by atoms with Gasteiger partial charge in [-0.2, -0.15) is 0 Å². The third kappa shape index (κ3) is 3.89. The summed E-state index contributed by atoms with van der Waals surface area (Å²) in [5.74, 6) is -0.988. The van der Waals surface area contributed by atoms with Crippen molar-refractivity contribution in [3.63, 3.8) is 0 Å². The van der Waals surface area contributed by atoms with Crippen molar-refractivity contribution in [2.45, 2.75) is 33.4 Å². The van der Waals surface area contributed by atoms with Crippen LogP contribution in [0, 0.1) is 13.8 Å². The highest BCUT2D eigenvalue weighted by molar-refractivity contribution is 7.14. The summed E-state index contributed by atoms with van der Waals surface area (Å²) in [5, 5.41) is 11.6. The first-order chi connectivity index (χ1) is 15.4. The van der Waals surface area contributed by atoms with Gasteiger partial charge in [-0.3, -0.25) is 14.6 Å². The first-order valence-corrected chi connectivity index (χ1v) is 11.1. The molecular weight excluding hydrogens is 426 g/mol. The van der Waals surface area contributed by atoms with Crippen LogP contribution in [0.3, 0.4) is 0 Å². The van der Waals surface area contributed by atoms with E-state index in [-0.39, 0.29) is 12.1 Å². The molecule has 1 aliphatic heterocycles. The summed E-state index contributed by atoms with van der Waals surface area (Å²) in [4.78, 5) is 37.2. The standard InChI is InChI=1S/C24H23N3O4S/c1-4-31-18-10-6-5-9-17(18)20-19(21(28)23-14(2)26-15(3)32-23)22(29)24(30)27(20)13-16-8-7-11-25-12-16/h5-12,20,29H,4,13H2,1-3H3. The number of Topliss-reactive ketones (excluding diaryl/α,β-unsaturated/α-hetero) is 1. The van der Waals surface area contributed by atoms with Crippen LogP contribution in [0.2, 0.25) is 0 Å². The van der Waals surface area contributed by atoms with Gasteiger partial charge in [0.2, 0.25) is 5.78 Å². The predicted molar refractivity (Wildman–Crippen MR) is 121 cm³/mol. The number of carbonyl (C=O) groups is 2. The molecule has 2 aromatic heterocycles. The lowest BCUT2D eigenvalue weighted by Gasteiger charge is -2.28. The van der Waals surface area contributed by atoms with Crippen molar-refractivity contribution in [1.29, 1.82) is 0 Å². The molecule has 1 aliphatic rings. The maximum atomic E-state index is 13.6. The highest BCUT2D eigenvalue weighted by atomic mass is 32.1. The molecule has 32 heavy (non-hydrogen) atoms. The summed E-state index contributed by atoms with van der Waals surface area (Å²) >= 11 is 1.25. The zero-order chi connectivity index (χ0) is 22.8. The summed E-state index contributed by atoms with van der Waals surface area (Å²) in [5.41, 5.74) is 2.04. The van der Waals surface area contributed by atoms with Gasteiger partial charge in [-0.25, -0.2) is 4.98 Å². The molecule has 1 amide bonds. The Morgan fingerprint density at radius 1 is 1.22 bits per heavy atom. The van der Waals surface area contributed by atoms with Crippen molar-refractivity contribution in [3.8, 4) is 5.75 Å². The lowest BCUT2D eigenvalue weighted by molar-refractivity contribution is -0.130. The molecule has 4 rings (SSSR count). The van der Waals surface area contributed by atoms with Gasteiger partial charge in [-0.15, -0.1) is 11.3 Å². The first kappa shape index (κ1) is 21.7. The highest BCUT2D eigenvalue weighted by Crippen LogP contribution is 2.43. The number of aliphatic hydroxyl groups is 1. The topological polar surface area (TPSA) is 92.6 Å². The average molecular weight is 450 g/mol. The molecule has 1 unspecified atom stereocenters. The molecule has 7 nitrogen and oxygen atoms in total. The number of aliphatic hydroxyl groups excluding tert-OH is 1. The van der Waals surface area contributed by atoms with Crippen molar-refractivity contribution in [1.82, 2.24) is 14.9 Å². The van der Waals surface area contributed by atoms with E-state index in [2.05, 4.69) is 9.97 Å². The van der Waals surface area contributed by atoms with E-state index in [1.165, 1.54) is 16.2 Å². The van der Waals surface area contributed by atoms with Crippen LogP contribution in [-0.2, 0) is 11.3 Å². The Morgan fingerprint density at radius 3 is 2.66 bits per heavy atom. The van der Waals surface area contributed by atoms with E-state index in [9.17, 15) is 14.7 Å². The largest absolute Gasteiger partial charge is 0.503 e. The van der Waals surface area contributed by atoms with Gasteiger partial charge in [-0.1, -0.05) is 24.3 Å². The van der Waals surface area contributed by atoms with E-state index >= 15 is 0 Å².